The lowest BCUT2D eigenvalue weighted by molar-refractivity contribution is 0.489. The van der Waals surface area contributed by atoms with Crippen molar-refractivity contribution in [3.05, 3.63) is 151 Å². The van der Waals surface area contributed by atoms with Crippen molar-refractivity contribution in [2.45, 2.75) is 16.6 Å². The van der Waals surface area contributed by atoms with Gasteiger partial charge in [0.25, 0.3) is 0 Å². The lowest BCUT2D eigenvalue weighted by Gasteiger charge is -2.39. The van der Waals surface area contributed by atoms with Gasteiger partial charge in [0, 0.05) is 0 Å². The first kappa shape index (κ1) is 30.2. The minimum Gasteiger partial charge on any atom is -0.282 e. The van der Waals surface area contributed by atoms with Crippen LogP contribution in [0.5, 0.6) is 0 Å². The van der Waals surface area contributed by atoms with Crippen LogP contribution in [0.15, 0.2) is 143 Å². The Labute approximate surface area is 241 Å². The van der Waals surface area contributed by atoms with Crippen molar-refractivity contribution in [1.29, 1.82) is 0 Å². The van der Waals surface area contributed by atoms with E-state index in [1.54, 1.807) is 36.4 Å². The molecule has 0 aliphatic carbocycles. The van der Waals surface area contributed by atoms with Gasteiger partial charge in [-0.3, -0.25) is 4.55 Å². The van der Waals surface area contributed by atoms with Crippen molar-refractivity contribution in [3.8, 4) is 0 Å². The van der Waals surface area contributed by atoms with Crippen LogP contribution in [0.3, 0.4) is 0 Å². The molecular formula is C32H28BF3O3S2. The number of halogens is 3. The molecule has 0 heterocycles. The Bertz CT molecular complexity index is 1500. The molecule has 9 heteroatoms. The van der Waals surface area contributed by atoms with Gasteiger partial charge in [0.15, 0.2) is 9.79 Å². The highest BCUT2D eigenvalue weighted by atomic mass is 32.3. The molecule has 0 aromatic heterocycles. The predicted molar refractivity (Wildman–Crippen MR) is 163 cm³/mol. The third-order valence-electron chi connectivity index (χ3n) is 6.93. The largest absolute Gasteiger partial charge is 0.312 e. The summed E-state index contributed by atoms with van der Waals surface area (Å²) in [5.41, 5.74) is 2.72. The SMILES string of the molecule is C[B-](c1ccc(F)cc1)(c1ccc(F)cc1)c1ccc(F)cc1.O=S(=O)(O)C[S+](c1ccccc1)c1ccccc1. The van der Waals surface area contributed by atoms with E-state index in [0.717, 1.165) is 26.2 Å². The van der Waals surface area contributed by atoms with E-state index in [9.17, 15) is 21.6 Å². The summed E-state index contributed by atoms with van der Waals surface area (Å²) in [6.45, 7) is 2.02. The lowest BCUT2D eigenvalue weighted by Crippen LogP contribution is -2.64. The van der Waals surface area contributed by atoms with Gasteiger partial charge in [-0.1, -0.05) is 72.8 Å². The third-order valence-corrected chi connectivity index (χ3v) is 10.7. The van der Waals surface area contributed by atoms with E-state index < -0.39 is 27.2 Å². The molecule has 0 saturated heterocycles. The fourth-order valence-electron chi connectivity index (χ4n) is 4.71. The Morgan fingerprint density at radius 1 is 0.561 bits per heavy atom. The van der Waals surface area contributed by atoms with Crippen molar-refractivity contribution in [1.82, 2.24) is 0 Å². The Hall–Kier alpha value is -3.79. The highest BCUT2D eigenvalue weighted by Gasteiger charge is 2.30. The summed E-state index contributed by atoms with van der Waals surface area (Å²) in [4.78, 5) is 1.81. The summed E-state index contributed by atoms with van der Waals surface area (Å²) >= 11 is 0. The minimum absolute atomic E-state index is 0.277. The van der Waals surface area contributed by atoms with Crippen molar-refractivity contribution in [2.75, 3.05) is 5.08 Å². The molecule has 41 heavy (non-hydrogen) atoms. The normalized spacial score (nSPS) is 11.6. The molecule has 0 spiro atoms. The molecule has 0 saturated carbocycles. The van der Waals surface area contributed by atoms with Crippen molar-refractivity contribution >= 4 is 43.5 Å². The van der Waals surface area contributed by atoms with Crippen LogP contribution in [0.1, 0.15) is 0 Å². The maximum atomic E-state index is 13.3. The Balaban J connectivity index is 0.000000195. The molecule has 5 rings (SSSR count). The van der Waals surface area contributed by atoms with Gasteiger partial charge in [-0.2, -0.15) is 31.6 Å². The van der Waals surface area contributed by atoms with E-state index in [0.29, 0.717) is 0 Å². The molecule has 210 valence electrons. The molecule has 1 N–H and O–H groups in total. The van der Waals surface area contributed by atoms with E-state index >= 15 is 0 Å². The molecule has 3 nitrogen and oxygen atoms in total. The van der Waals surface area contributed by atoms with E-state index in [1.165, 1.54) is 36.4 Å². The van der Waals surface area contributed by atoms with Gasteiger partial charge in [0.2, 0.25) is 5.08 Å². The van der Waals surface area contributed by atoms with Crippen LogP contribution in [-0.4, -0.2) is 24.2 Å². The second-order valence-corrected chi connectivity index (χ2v) is 13.5. The maximum Gasteiger partial charge on any atom is 0.312 e. The van der Waals surface area contributed by atoms with Gasteiger partial charge in [-0.25, -0.2) is 13.2 Å². The van der Waals surface area contributed by atoms with Crippen LogP contribution in [0.4, 0.5) is 13.2 Å². The van der Waals surface area contributed by atoms with E-state index in [1.807, 2.05) is 67.5 Å². The summed E-state index contributed by atoms with van der Waals surface area (Å²) in [5.74, 6) is -0.944. The monoisotopic (exact) mass is 592 g/mol. The average Bonchev–Trinajstić information content (AvgIpc) is 2.97. The van der Waals surface area contributed by atoms with Gasteiger partial charge in [0.1, 0.15) is 17.5 Å². The van der Waals surface area contributed by atoms with Gasteiger partial charge < -0.3 is 0 Å². The zero-order valence-electron chi connectivity index (χ0n) is 22.2. The quantitative estimate of drug-likeness (QED) is 0.148. The van der Waals surface area contributed by atoms with Crippen LogP contribution >= 0.6 is 0 Å². The lowest BCUT2D eigenvalue weighted by atomic mass is 9.17. The van der Waals surface area contributed by atoms with Gasteiger partial charge in [-0.05, 0) is 60.7 Å². The zero-order valence-corrected chi connectivity index (χ0v) is 23.8. The smallest absolute Gasteiger partial charge is 0.282 e. The van der Waals surface area contributed by atoms with Crippen LogP contribution in [0, 0.1) is 17.5 Å². The topological polar surface area (TPSA) is 54.4 Å². The summed E-state index contributed by atoms with van der Waals surface area (Å²) in [7, 11) is -4.67. The second kappa shape index (κ2) is 13.3. The van der Waals surface area contributed by atoms with Crippen LogP contribution < -0.4 is 16.4 Å². The first-order valence-electron chi connectivity index (χ1n) is 12.8. The molecule has 0 amide bonds. The summed E-state index contributed by atoms with van der Waals surface area (Å²) in [5, 5.41) is -0.277. The minimum atomic E-state index is -4.01. The molecule has 0 aliphatic heterocycles. The maximum absolute atomic E-state index is 13.3. The van der Waals surface area contributed by atoms with Gasteiger partial charge >= 0.3 is 10.1 Å². The number of benzene rings is 5. The van der Waals surface area contributed by atoms with E-state index in [4.69, 9.17) is 4.55 Å². The summed E-state index contributed by atoms with van der Waals surface area (Å²) < 4.78 is 71.3. The molecule has 0 unspecified atom stereocenters. The predicted octanol–water partition coefficient (Wildman–Crippen LogP) is 5.77. The van der Waals surface area contributed by atoms with Crippen LogP contribution in [-0.2, 0) is 21.0 Å². The van der Waals surface area contributed by atoms with Crippen molar-refractivity contribution in [2.24, 2.45) is 0 Å². The molecular weight excluding hydrogens is 564 g/mol. The third kappa shape index (κ3) is 7.91. The van der Waals surface area contributed by atoms with Crippen LogP contribution in [0.25, 0.3) is 0 Å². The highest BCUT2D eigenvalue weighted by Crippen LogP contribution is 2.24. The van der Waals surface area contributed by atoms with E-state index in [-0.39, 0.29) is 22.5 Å². The molecule has 5 aromatic rings. The Morgan fingerprint density at radius 3 is 1.12 bits per heavy atom. The number of hydrogen-bond donors (Lipinski definition) is 1. The summed E-state index contributed by atoms with van der Waals surface area (Å²) in [6.07, 6.45) is -1.46. The average molecular weight is 593 g/mol. The second-order valence-electron chi connectivity index (χ2n) is 9.67. The van der Waals surface area contributed by atoms with Crippen LogP contribution in [0.2, 0.25) is 6.82 Å². The summed E-state index contributed by atoms with van der Waals surface area (Å²) in [6, 6.07) is 37.5. The molecule has 5 aromatic carbocycles. The fraction of sp³-hybridized carbons (Fsp3) is 0.0625. The molecule has 0 atom stereocenters. The molecule has 0 fully saturated rings. The molecule has 0 radical (unpaired) electrons. The zero-order chi connectivity index (χ0) is 29.5. The fourth-order valence-corrected chi connectivity index (χ4v) is 8.23. The van der Waals surface area contributed by atoms with Gasteiger partial charge in [-0.15, -0.1) is 0 Å². The highest BCUT2D eigenvalue weighted by molar-refractivity contribution is 8.08. The number of hydrogen-bond acceptors (Lipinski definition) is 2. The van der Waals surface area contributed by atoms with Crippen molar-refractivity contribution in [3.63, 3.8) is 0 Å². The first-order chi connectivity index (χ1) is 19.6. The standard InChI is InChI=1S/C19H15BF3.C13H12O3S2/c1-20(14-2-8-17(21)9-3-14,15-4-10-18(22)11-5-15)16-6-12-19(23)13-7-16;14-18(15,16)11-17(12-7-3-1-4-8-12)13-9-5-2-6-10-13/h2-13H,1H3;1-10H,11H2/q-1;/p+1. The molecule has 0 bridgehead atoms. The Kier molecular flexibility index (Phi) is 9.75. The van der Waals surface area contributed by atoms with Crippen molar-refractivity contribution < 1.29 is 26.1 Å². The van der Waals surface area contributed by atoms with E-state index in [2.05, 4.69) is 0 Å². The Morgan fingerprint density at radius 2 is 0.854 bits per heavy atom. The molecule has 0 aliphatic rings. The first-order valence-corrected chi connectivity index (χ1v) is 15.8. The number of rotatable bonds is 7. The van der Waals surface area contributed by atoms with Gasteiger partial charge in [0.05, 0.1) is 17.0 Å².